The molecule has 3 saturated heterocycles. The molecule has 3 heterocycles. The number of carbonyl (C=O) groups is 2. The van der Waals surface area contributed by atoms with Crippen molar-refractivity contribution in [1.82, 2.24) is 20.0 Å². The van der Waals surface area contributed by atoms with Crippen LogP contribution < -0.4 is 5.32 Å². The maximum Gasteiger partial charge on any atom is 0.243 e. The zero-order chi connectivity index (χ0) is 18.1. The summed E-state index contributed by atoms with van der Waals surface area (Å²) >= 11 is 0. The third-order valence-electron chi connectivity index (χ3n) is 5.51. The molecule has 0 aromatic rings. The van der Waals surface area contributed by atoms with Crippen LogP contribution in [0, 0.1) is 11.8 Å². The molecule has 1 N–H and O–H groups in total. The van der Waals surface area contributed by atoms with Crippen molar-refractivity contribution in [2.75, 3.05) is 54.4 Å². The Bertz CT molecular complexity index is 544. The standard InChI is InChI=1S/C17H29N5O3/c1-20(2)15(23)7-18-17(19-8-16(24)21(3)4)22-9-11-12(10-22)14-6-5-13(11)25-14/h11-14H,5-10H2,1-4H3,(H,18,19). The highest BCUT2D eigenvalue weighted by molar-refractivity contribution is 5.88. The second-order valence-electron chi connectivity index (χ2n) is 7.59. The van der Waals surface area contributed by atoms with Gasteiger partial charge in [-0.3, -0.25) is 9.59 Å². The first-order chi connectivity index (χ1) is 11.9. The van der Waals surface area contributed by atoms with E-state index in [1.807, 2.05) is 0 Å². The van der Waals surface area contributed by atoms with Crippen LogP contribution in [0.25, 0.3) is 0 Å². The summed E-state index contributed by atoms with van der Waals surface area (Å²) in [4.78, 5) is 33.6. The van der Waals surface area contributed by atoms with Crippen LogP contribution in [0.2, 0.25) is 0 Å². The highest BCUT2D eigenvalue weighted by Gasteiger charge is 2.53. The van der Waals surface area contributed by atoms with E-state index in [0.29, 0.717) is 30.0 Å². The first kappa shape index (κ1) is 18.0. The zero-order valence-corrected chi connectivity index (χ0v) is 15.6. The molecule has 0 radical (unpaired) electrons. The van der Waals surface area contributed by atoms with Crippen molar-refractivity contribution < 1.29 is 14.3 Å². The average molecular weight is 351 g/mol. The van der Waals surface area contributed by atoms with Crippen LogP contribution in [0.4, 0.5) is 0 Å². The van der Waals surface area contributed by atoms with E-state index in [-0.39, 0.29) is 24.9 Å². The lowest BCUT2D eigenvalue weighted by atomic mass is 9.82. The Morgan fingerprint density at radius 2 is 1.60 bits per heavy atom. The van der Waals surface area contributed by atoms with Gasteiger partial charge in [0, 0.05) is 53.1 Å². The number of nitrogens with zero attached hydrogens (tertiary/aromatic N) is 4. The average Bonchev–Trinajstić information content (AvgIpc) is 3.26. The maximum atomic E-state index is 11.9. The quantitative estimate of drug-likeness (QED) is 0.531. The van der Waals surface area contributed by atoms with Crippen LogP contribution in [0.5, 0.6) is 0 Å². The second-order valence-corrected chi connectivity index (χ2v) is 7.59. The predicted molar refractivity (Wildman–Crippen MR) is 94.1 cm³/mol. The van der Waals surface area contributed by atoms with Gasteiger partial charge in [-0.25, -0.2) is 4.99 Å². The van der Waals surface area contributed by atoms with Gasteiger partial charge in [0.25, 0.3) is 0 Å². The number of likely N-dealkylation sites (tertiary alicyclic amines) is 1. The van der Waals surface area contributed by atoms with Gasteiger partial charge in [0.15, 0.2) is 5.96 Å². The molecule has 2 bridgehead atoms. The van der Waals surface area contributed by atoms with Crippen molar-refractivity contribution in [2.45, 2.75) is 25.0 Å². The summed E-state index contributed by atoms with van der Waals surface area (Å²) in [6.07, 6.45) is 3.04. The van der Waals surface area contributed by atoms with Crippen molar-refractivity contribution in [3.63, 3.8) is 0 Å². The Labute approximate surface area is 149 Å². The van der Waals surface area contributed by atoms with E-state index >= 15 is 0 Å². The summed E-state index contributed by atoms with van der Waals surface area (Å²) < 4.78 is 6.02. The monoisotopic (exact) mass is 351 g/mol. The fourth-order valence-electron chi connectivity index (χ4n) is 4.00. The highest BCUT2D eigenvalue weighted by atomic mass is 16.5. The number of aliphatic imine (C=N–C) groups is 1. The minimum absolute atomic E-state index is 0.0190. The molecule has 140 valence electrons. The molecular formula is C17H29N5O3. The smallest absolute Gasteiger partial charge is 0.243 e. The van der Waals surface area contributed by atoms with Crippen molar-refractivity contribution in [1.29, 1.82) is 0 Å². The molecule has 4 atom stereocenters. The van der Waals surface area contributed by atoms with Crippen molar-refractivity contribution in [3.8, 4) is 0 Å². The summed E-state index contributed by atoms with van der Waals surface area (Å²) in [5.74, 6) is 1.66. The van der Waals surface area contributed by atoms with E-state index < -0.39 is 0 Å². The molecule has 3 aliphatic heterocycles. The summed E-state index contributed by atoms with van der Waals surface area (Å²) in [6, 6.07) is 0. The Balaban J connectivity index is 1.67. The van der Waals surface area contributed by atoms with Gasteiger partial charge in [-0.1, -0.05) is 0 Å². The van der Waals surface area contributed by atoms with Crippen LogP contribution in [-0.4, -0.2) is 99.1 Å². The number of fused-ring (bicyclic) bond motifs is 5. The third-order valence-corrected chi connectivity index (χ3v) is 5.51. The van der Waals surface area contributed by atoms with Gasteiger partial charge in [-0.2, -0.15) is 0 Å². The SMILES string of the molecule is CN(C)C(=O)CN=C(NCC(=O)N(C)C)N1CC2C3CCC(O3)C2C1. The number of likely N-dealkylation sites (N-methyl/N-ethyl adjacent to an activating group) is 2. The molecular weight excluding hydrogens is 322 g/mol. The van der Waals surface area contributed by atoms with Gasteiger partial charge in [-0.15, -0.1) is 0 Å². The van der Waals surface area contributed by atoms with Gasteiger partial charge < -0.3 is 24.8 Å². The van der Waals surface area contributed by atoms with Crippen LogP contribution in [0.3, 0.4) is 0 Å². The molecule has 0 saturated carbocycles. The summed E-state index contributed by atoms with van der Waals surface area (Å²) in [5.41, 5.74) is 0. The van der Waals surface area contributed by atoms with E-state index in [9.17, 15) is 9.59 Å². The number of hydrogen-bond donors (Lipinski definition) is 1. The molecule has 8 heteroatoms. The normalized spacial score (nSPS) is 30.4. The fraction of sp³-hybridized carbons (Fsp3) is 0.824. The number of nitrogens with one attached hydrogen (secondary N) is 1. The summed E-state index contributed by atoms with van der Waals surface area (Å²) in [6.45, 7) is 2.02. The van der Waals surface area contributed by atoms with E-state index in [1.54, 1.807) is 33.1 Å². The number of ether oxygens (including phenoxy) is 1. The molecule has 3 aliphatic rings. The largest absolute Gasteiger partial charge is 0.374 e. The fourth-order valence-corrected chi connectivity index (χ4v) is 4.00. The molecule has 2 amide bonds. The molecule has 25 heavy (non-hydrogen) atoms. The predicted octanol–water partition coefficient (Wildman–Crippen LogP) is -0.782. The Morgan fingerprint density at radius 3 is 2.12 bits per heavy atom. The third kappa shape index (κ3) is 3.73. The topological polar surface area (TPSA) is 77.5 Å². The molecule has 0 spiro atoms. The van der Waals surface area contributed by atoms with Gasteiger partial charge in [0.05, 0.1) is 18.8 Å². The first-order valence-corrected chi connectivity index (χ1v) is 8.96. The number of amides is 2. The van der Waals surface area contributed by atoms with Gasteiger partial charge in [0.2, 0.25) is 11.8 Å². The van der Waals surface area contributed by atoms with E-state index in [2.05, 4.69) is 15.2 Å². The van der Waals surface area contributed by atoms with Crippen molar-refractivity contribution >= 4 is 17.8 Å². The van der Waals surface area contributed by atoms with Crippen LogP contribution >= 0.6 is 0 Å². The van der Waals surface area contributed by atoms with Gasteiger partial charge >= 0.3 is 0 Å². The second kappa shape index (κ2) is 7.19. The first-order valence-electron chi connectivity index (χ1n) is 8.96. The number of guanidine groups is 1. The molecule has 8 nitrogen and oxygen atoms in total. The van der Waals surface area contributed by atoms with Crippen molar-refractivity contribution in [2.24, 2.45) is 16.8 Å². The zero-order valence-electron chi connectivity index (χ0n) is 15.6. The number of carbonyl (C=O) groups excluding carboxylic acids is 2. The molecule has 4 unspecified atom stereocenters. The minimum Gasteiger partial charge on any atom is -0.374 e. The van der Waals surface area contributed by atoms with E-state index in [1.165, 1.54) is 4.90 Å². The van der Waals surface area contributed by atoms with Crippen LogP contribution in [0.15, 0.2) is 4.99 Å². The van der Waals surface area contributed by atoms with E-state index in [0.717, 1.165) is 25.9 Å². The summed E-state index contributed by atoms with van der Waals surface area (Å²) in [7, 11) is 6.89. The molecule has 0 aliphatic carbocycles. The lowest BCUT2D eigenvalue weighted by Gasteiger charge is -2.24. The number of rotatable bonds is 4. The highest BCUT2D eigenvalue weighted by Crippen LogP contribution is 2.47. The van der Waals surface area contributed by atoms with Crippen LogP contribution in [0.1, 0.15) is 12.8 Å². The maximum absolute atomic E-state index is 11.9. The Kier molecular flexibility index (Phi) is 5.17. The van der Waals surface area contributed by atoms with E-state index in [4.69, 9.17) is 4.74 Å². The van der Waals surface area contributed by atoms with Crippen molar-refractivity contribution in [3.05, 3.63) is 0 Å². The molecule has 3 rings (SSSR count). The molecule has 0 aromatic carbocycles. The lowest BCUT2D eigenvalue weighted by Crippen LogP contribution is -2.45. The van der Waals surface area contributed by atoms with Gasteiger partial charge in [0.1, 0.15) is 6.54 Å². The number of hydrogen-bond acceptors (Lipinski definition) is 4. The van der Waals surface area contributed by atoms with Crippen LogP contribution in [-0.2, 0) is 14.3 Å². The lowest BCUT2D eigenvalue weighted by molar-refractivity contribution is -0.127. The molecule has 0 aromatic heterocycles. The Morgan fingerprint density at radius 1 is 1.04 bits per heavy atom. The molecule has 3 fully saturated rings. The Hall–Kier alpha value is -1.83. The van der Waals surface area contributed by atoms with Gasteiger partial charge in [-0.05, 0) is 12.8 Å². The minimum atomic E-state index is -0.0546. The summed E-state index contributed by atoms with van der Waals surface area (Å²) in [5, 5.41) is 3.15.